The van der Waals surface area contributed by atoms with Gasteiger partial charge in [0.25, 0.3) is 0 Å². The second-order valence-corrected chi connectivity index (χ2v) is 9.26. The average molecular weight is 449 g/mol. The molecule has 1 heterocycles. The molecule has 0 bridgehead atoms. The predicted molar refractivity (Wildman–Crippen MR) is 114 cm³/mol. The van der Waals surface area contributed by atoms with Gasteiger partial charge < -0.3 is 10.1 Å². The standard InChI is InChI=1S/C19H21BrN4O2S/c1-12(2)24-19-15-8-16(20)18(9-17(15)22-11-23-19)26-10-13-4-6-14(7-5-13)27(3,21)25/h4-9,11-12H,3,10H2,1-2H3,(H2,21,25)(H,22,23,24). The number of hydrogen-bond donors (Lipinski definition) is 2. The first-order chi connectivity index (χ1) is 12.7. The Morgan fingerprint density at radius 2 is 1.96 bits per heavy atom. The molecule has 1 unspecified atom stereocenters. The van der Waals surface area contributed by atoms with Crippen LogP contribution in [0, 0.1) is 0 Å². The molecule has 0 aliphatic heterocycles. The van der Waals surface area contributed by atoms with E-state index in [1.807, 2.05) is 24.3 Å². The van der Waals surface area contributed by atoms with E-state index in [4.69, 9.17) is 9.88 Å². The van der Waals surface area contributed by atoms with E-state index in [2.05, 4.69) is 50.9 Å². The first kappa shape index (κ1) is 19.6. The van der Waals surface area contributed by atoms with Crippen LogP contribution < -0.4 is 15.2 Å². The van der Waals surface area contributed by atoms with Crippen molar-refractivity contribution in [1.82, 2.24) is 9.97 Å². The number of ether oxygens (including phenoxy) is 1. The van der Waals surface area contributed by atoms with E-state index >= 15 is 0 Å². The van der Waals surface area contributed by atoms with Crippen LogP contribution in [0.1, 0.15) is 19.4 Å². The van der Waals surface area contributed by atoms with Crippen molar-refractivity contribution < 1.29 is 8.95 Å². The fourth-order valence-electron chi connectivity index (χ4n) is 2.53. The Balaban J connectivity index is 1.82. The molecule has 1 aromatic heterocycles. The van der Waals surface area contributed by atoms with Crippen LogP contribution in [-0.2, 0) is 16.3 Å². The molecule has 3 N–H and O–H groups in total. The van der Waals surface area contributed by atoms with Crippen molar-refractivity contribution in [2.45, 2.75) is 31.4 Å². The highest BCUT2D eigenvalue weighted by atomic mass is 79.9. The van der Waals surface area contributed by atoms with E-state index < -0.39 is 9.71 Å². The van der Waals surface area contributed by atoms with Gasteiger partial charge in [-0.25, -0.2) is 14.2 Å². The largest absolute Gasteiger partial charge is 0.488 e. The Morgan fingerprint density at radius 1 is 1.26 bits per heavy atom. The minimum Gasteiger partial charge on any atom is -0.488 e. The molecule has 0 saturated carbocycles. The molecule has 6 nitrogen and oxygen atoms in total. The van der Waals surface area contributed by atoms with E-state index in [1.165, 1.54) is 6.33 Å². The molecule has 142 valence electrons. The number of nitrogens with one attached hydrogen (secondary N) is 1. The molecule has 0 spiro atoms. The fraction of sp³-hybridized carbons (Fsp3) is 0.211. The molecule has 0 amide bonds. The van der Waals surface area contributed by atoms with Gasteiger partial charge in [0.15, 0.2) is 0 Å². The quantitative estimate of drug-likeness (QED) is 0.560. The Morgan fingerprint density at radius 3 is 2.59 bits per heavy atom. The van der Waals surface area contributed by atoms with Crippen LogP contribution in [0.2, 0.25) is 0 Å². The van der Waals surface area contributed by atoms with Crippen LogP contribution in [0.25, 0.3) is 10.9 Å². The van der Waals surface area contributed by atoms with Gasteiger partial charge in [0.05, 0.1) is 19.7 Å². The van der Waals surface area contributed by atoms with Gasteiger partial charge in [0.1, 0.15) is 24.5 Å². The molecule has 27 heavy (non-hydrogen) atoms. The Kier molecular flexibility index (Phi) is 5.69. The number of aromatic nitrogens is 2. The first-order valence-corrected chi connectivity index (χ1v) is 10.9. The number of hydrogen-bond acceptors (Lipinski definition) is 5. The van der Waals surface area contributed by atoms with Crippen LogP contribution in [0.3, 0.4) is 0 Å². The van der Waals surface area contributed by atoms with Crippen LogP contribution in [0.15, 0.2) is 52.1 Å². The van der Waals surface area contributed by atoms with Crippen LogP contribution in [0.5, 0.6) is 5.75 Å². The number of anilines is 1. The normalized spacial score (nSPS) is 13.5. The molecule has 0 aliphatic carbocycles. The molecular formula is C19H21BrN4O2S. The van der Waals surface area contributed by atoms with Gasteiger partial charge in [0, 0.05) is 22.4 Å². The van der Waals surface area contributed by atoms with E-state index in [1.54, 1.807) is 12.1 Å². The van der Waals surface area contributed by atoms with Gasteiger partial charge in [-0.2, -0.15) is 0 Å². The van der Waals surface area contributed by atoms with Gasteiger partial charge in [-0.15, -0.1) is 0 Å². The second kappa shape index (κ2) is 7.84. The minimum atomic E-state index is -2.70. The third-order valence-electron chi connectivity index (χ3n) is 3.83. The molecule has 2 aromatic carbocycles. The highest BCUT2D eigenvalue weighted by Crippen LogP contribution is 2.32. The summed E-state index contributed by atoms with van der Waals surface area (Å²) < 4.78 is 18.5. The smallest absolute Gasteiger partial charge is 0.137 e. The lowest BCUT2D eigenvalue weighted by atomic mass is 10.2. The summed E-state index contributed by atoms with van der Waals surface area (Å²) in [6.45, 7) is 4.47. The zero-order valence-corrected chi connectivity index (χ0v) is 17.5. The number of nitrogens with zero attached hydrogens (tertiary/aromatic N) is 2. The van der Waals surface area contributed by atoms with Gasteiger partial charge in [0.2, 0.25) is 0 Å². The monoisotopic (exact) mass is 448 g/mol. The number of nitrogens with two attached hydrogens (primary N) is 1. The summed E-state index contributed by atoms with van der Waals surface area (Å²) >= 11 is 3.56. The summed E-state index contributed by atoms with van der Waals surface area (Å²) in [6, 6.07) is 11.2. The maximum absolute atomic E-state index is 11.8. The van der Waals surface area contributed by atoms with Crippen LogP contribution >= 0.6 is 15.9 Å². The van der Waals surface area contributed by atoms with Crippen molar-refractivity contribution in [3.8, 4) is 5.75 Å². The van der Waals surface area contributed by atoms with Gasteiger partial charge in [-0.1, -0.05) is 12.1 Å². The lowest BCUT2D eigenvalue weighted by Gasteiger charge is -2.13. The third kappa shape index (κ3) is 4.77. The summed E-state index contributed by atoms with van der Waals surface area (Å²) in [5.74, 6) is 4.95. The zero-order valence-electron chi connectivity index (χ0n) is 15.1. The fourth-order valence-corrected chi connectivity index (χ4v) is 3.59. The van der Waals surface area contributed by atoms with Gasteiger partial charge >= 0.3 is 0 Å². The summed E-state index contributed by atoms with van der Waals surface area (Å²) in [6.07, 6.45) is 1.53. The summed E-state index contributed by atoms with van der Waals surface area (Å²) in [4.78, 5) is 9.17. The predicted octanol–water partition coefficient (Wildman–Crippen LogP) is 3.74. The van der Waals surface area contributed by atoms with Crippen LogP contribution in [-0.4, -0.2) is 26.1 Å². The molecule has 0 saturated heterocycles. The Labute approximate surface area is 167 Å². The van der Waals surface area contributed by atoms with E-state index in [-0.39, 0.29) is 6.04 Å². The molecule has 0 aliphatic rings. The van der Waals surface area contributed by atoms with Crippen LogP contribution in [0.4, 0.5) is 5.82 Å². The van der Waals surface area contributed by atoms with Crippen molar-refractivity contribution in [3.05, 3.63) is 52.8 Å². The topological polar surface area (TPSA) is 90.1 Å². The summed E-state index contributed by atoms with van der Waals surface area (Å²) in [7, 11) is -2.70. The maximum atomic E-state index is 11.8. The van der Waals surface area contributed by atoms with Crippen molar-refractivity contribution in [2.24, 2.45) is 5.14 Å². The first-order valence-electron chi connectivity index (χ1n) is 8.31. The lowest BCUT2D eigenvalue weighted by Crippen LogP contribution is -2.11. The SMILES string of the molecule is C=S(N)(=O)c1ccc(COc2cc3ncnc(NC(C)C)c3cc2Br)cc1. The summed E-state index contributed by atoms with van der Waals surface area (Å²) in [5, 5.41) is 9.79. The van der Waals surface area contributed by atoms with Gasteiger partial charge in [-0.05, 0) is 59.4 Å². The molecule has 8 heteroatoms. The molecule has 0 radical (unpaired) electrons. The van der Waals surface area contributed by atoms with E-state index in [0.717, 1.165) is 26.8 Å². The summed E-state index contributed by atoms with van der Waals surface area (Å²) in [5.41, 5.74) is 1.72. The van der Waals surface area contributed by atoms with Gasteiger partial charge in [-0.3, -0.25) is 5.14 Å². The number of benzene rings is 2. The highest BCUT2D eigenvalue weighted by molar-refractivity contribution is 9.10. The van der Waals surface area contributed by atoms with Crippen molar-refractivity contribution >= 4 is 48.2 Å². The third-order valence-corrected chi connectivity index (χ3v) is 5.52. The number of halogens is 1. The zero-order chi connectivity index (χ0) is 19.6. The molecular weight excluding hydrogens is 428 g/mol. The Bertz CT molecular complexity index is 1070. The number of rotatable bonds is 6. The maximum Gasteiger partial charge on any atom is 0.137 e. The lowest BCUT2D eigenvalue weighted by molar-refractivity contribution is 0.304. The minimum absolute atomic E-state index is 0.266. The highest BCUT2D eigenvalue weighted by Gasteiger charge is 2.10. The number of fused-ring (bicyclic) bond motifs is 1. The van der Waals surface area contributed by atoms with Crippen molar-refractivity contribution in [1.29, 1.82) is 0 Å². The molecule has 3 rings (SSSR count). The molecule has 3 aromatic rings. The van der Waals surface area contributed by atoms with E-state index in [9.17, 15) is 4.21 Å². The second-order valence-electron chi connectivity index (χ2n) is 6.48. The van der Waals surface area contributed by atoms with Crippen molar-refractivity contribution in [2.75, 3.05) is 5.32 Å². The average Bonchev–Trinajstić information content (AvgIpc) is 2.60. The van der Waals surface area contributed by atoms with E-state index in [0.29, 0.717) is 17.3 Å². The molecule has 0 fully saturated rings. The molecule has 1 atom stereocenters. The Hall–Kier alpha value is -2.16. The van der Waals surface area contributed by atoms with Crippen molar-refractivity contribution in [3.63, 3.8) is 0 Å².